The number of nitrogens with one attached hydrogen (secondary N) is 2. The van der Waals surface area contributed by atoms with E-state index in [2.05, 4.69) is 10.6 Å². The summed E-state index contributed by atoms with van der Waals surface area (Å²) in [6, 6.07) is 22.3. The summed E-state index contributed by atoms with van der Waals surface area (Å²) in [5, 5.41) is 6.36. The second kappa shape index (κ2) is 9.53. The Morgan fingerprint density at radius 1 is 1.06 bits per heavy atom. The van der Waals surface area contributed by atoms with Gasteiger partial charge >= 0.3 is 0 Å². The number of carbonyl (C=O) groups is 1. The number of ether oxygens (including phenoxy) is 3. The van der Waals surface area contributed by atoms with Crippen LogP contribution in [0.4, 0.5) is 5.69 Å². The molecule has 0 saturated heterocycles. The van der Waals surface area contributed by atoms with Crippen LogP contribution >= 0.6 is 0 Å². The normalized spacial score (nSPS) is 15.7. The summed E-state index contributed by atoms with van der Waals surface area (Å²) in [6.45, 7) is 2.84. The highest BCUT2D eigenvalue weighted by atomic mass is 16.6. The molecule has 0 unspecified atom stereocenters. The average Bonchev–Trinajstić information content (AvgIpc) is 2.80. The summed E-state index contributed by atoms with van der Waals surface area (Å²) in [7, 11) is 1.59. The van der Waals surface area contributed by atoms with E-state index < -0.39 is 6.04 Å². The quantitative estimate of drug-likeness (QED) is 0.604. The van der Waals surface area contributed by atoms with Crippen LogP contribution < -0.4 is 24.8 Å². The molecule has 3 aromatic rings. The van der Waals surface area contributed by atoms with Crippen LogP contribution in [-0.2, 0) is 4.79 Å². The Morgan fingerprint density at radius 3 is 2.58 bits per heavy atom. The van der Waals surface area contributed by atoms with Gasteiger partial charge in [-0.3, -0.25) is 10.1 Å². The van der Waals surface area contributed by atoms with Gasteiger partial charge in [0.15, 0.2) is 11.5 Å². The standard InChI is InChI=1S/C25H26N2O4/c1-17-12-13-21(29-2)20(14-17)27-25(28)24(18-8-4-3-5-9-18)26-15-19-16-30-22-10-6-7-11-23(22)31-19/h3-14,19,24,26H,15-16H2,1-2H3,(H,27,28)/t19-,24-/m1/s1. The lowest BCUT2D eigenvalue weighted by Gasteiger charge is -2.28. The van der Waals surface area contributed by atoms with Crippen LogP contribution in [0.3, 0.4) is 0 Å². The summed E-state index contributed by atoms with van der Waals surface area (Å²) in [5.41, 5.74) is 2.54. The van der Waals surface area contributed by atoms with Gasteiger partial charge in [0.25, 0.3) is 0 Å². The Hall–Kier alpha value is -3.51. The van der Waals surface area contributed by atoms with Gasteiger partial charge in [-0.25, -0.2) is 0 Å². The van der Waals surface area contributed by atoms with Crippen LogP contribution in [-0.4, -0.2) is 32.3 Å². The van der Waals surface area contributed by atoms with Gasteiger partial charge in [-0.15, -0.1) is 0 Å². The maximum absolute atomic E-state index is 13.3. The van der Waals surface area contributed by atoms with Crippen molar-refractivity contribution in [1.29, 1.82) is 0 Å². The first-order valence-corrected chi connectivity index (χ1v) is 10.3. The molecule has 1 aliphatic heterocycles. The number of fused-ring (bicyclic) bond motifs is 1. The van der Waals surface area contributed by atoms with Crippen molar-refractivity contribution in [2.75, 3.05) is 25.6 Å². The fourth-order valence-electron chi connectivity index (χ4n) is 3.54. The van der Waals surface area contributed by atoms with E-state index in [9.17, 15) is 4.79 Å². The van der Waals surface area contributed by atoms with Crippen molar-refractivity contribution in [1.82, 2.24) is 5.32 Å². The molecule has 0 fully saturated rings. The van der Waals surface area contributed by atoms with Gasteiger partial charge in [-0.05, 0) is 42.3 Å². The van der Waals surface area contributed by atoms with Gasteiger partial charge in [0, 0.05) is 6.54 Å². The van der Waals surface area contributed by atoms with Crippen LogP contribution in [0, 0.1) is 6.92 Å². The van der Waals surface area contributed by atoms with Crippen LogP contribution in [0.25, 0.3) is 0 Å². The SMILES string of the molecule is COc1ccc(C)cc1NC(=O)[C@H](NC[C@@H]1COc2ccccc2O1)c1ccccc1. The van der Waals surface area contributed by atoms with Crippen LogP contribution in [0.15, 0.2) is 72.8 Å². The number of methoxy groups -OCH3 is 1. The molecule has 0 saturated carbocycles. The smallest absolute Gasteiger partial charge is 0.246 e. The van der Waals surface area contributed by atoms with E-state index in [0.29, 0.717) is 30.3 Å². The molecule has 6 heteroatoms. The molecule has 31 heavy (non-hydrogen) atoms. The number of para-hydroxylation sites is 2. The van der Waals surface area contributed by atoms with Gasteiger partial charge in [-0.2, -0.15) is 0 Å². The molecule has 4 rings (SSSR count). The Bertz CT molecular complexity index is 1040. The molecule has 2 atom stereocenters. The van der Waals surface area contributed by atoms with E-state index in [1.54, 1.807) is 7.11 Å². The monoisotopic (exact) mass is 418 g/mol. The summed E-state index contributed by atoms with van der Waals surface area (Å²) < 4.78 is 17.2. The van der Waals surface area contributed by atoms with Crippen molar-refractivity contribution >= 4 is 11.6 Å². The first-order valence-electron chi connectivity index (χ1n) is 10.3. The van der Waals surface area contributed by atoms with Crippen LogP contribution in [0.2, 0.25) is 0 Å². The van der Waals surface area contributed by atoms with Gasteiger partial charge in [0.1, 0.15) is 24.5 Å². The number of hydrogen-bond acceptors (Lipinski definition) is 5. The summed E-state index contributed by atoms with van der Waals surface area (Å²) >= 11 is 0. The Kier molecular flexibility index (Phi) is 6.38. The number of hydrogen-bond donors (Lipinski definition) is 2. The lowest BCUT2D eigenvalue weighted by atomic mass is 10.1. The van der Waals surface area contributed by atoms with Crippen molar-refractivity contribution in [3.05, 3.63) is 83.9 Å². The van der Waals surface area contributed by atoms with Gasteiger partial charge in [-0.1, -0.05) is 48.5 Å². The van der Waals surface area contributed by atoms with Gasteiger partial charge in [0.05, 0.1) is 12.8 Å². The third-order valence-electron chi connectivity index (χ3n) is 5.13. The van der Waals surface area contributed by atoms with E-state index in [0.717, 1.165) is 16.9 Å². The van der Waals surface area contributed by atoms with Gasteiger partial charge < -0.3 is 19.5 Å². The number of rotatable bonds is 7. The van der Waals surface area contributed by atoms with Crippen LogP contribution in [0.1, 0.15) is 17.2 Å². The van der Waals surface area contributed by atoms with E-state index in [-0.39, 0.29) is 12.0 Å². The van der Waals surface area contributed by atoms with Crippen molar-refractivity contribution in [3.63, 3.8) is 0 Å². The minimum Gasteiger partial charge on any atom is -0.495 e. The molecule has 3 aromatic carbocycles. The number of amides is 1. The van der Waals surface area contributed by atoms with E-state index in [1.165, 1.54) is 0 Å². The fraction of sp³-hybridized carbons (Fsp3) is 0.240. The molecule has 0 aromatic heterocycles. The molecular weight excluding hydrogens is 392 g/mol. The minimum absolute atomic E-state index is 0.174. The number of anilines is 1. The Morgan fingerprint density at radius 2 is 1.81 bits per heavy atom. The summed E-state index contributed by atoms with van der Waals surface area (Å²) in [6.07, 6.45) is -0.206. The van der Waals surface area contributed by atoms with E-state index in [1.807, 2.05) is 79.7 Å². The molecule has 2 N–H and O–H groups in total. The molecule has 0 spiro atoms. The first-order chi connectivity index (χ1) is 15.1. The topological polar surface area (TPSA) is 68.8 Å². The van der Waals surface area contributed by atoms with Crippen LogP contribution in [0.5, 0.6) is 17.2 Å². The second-order valence-electron chi connectivity index (χ2n) is 7.44. The molecular formula is C25H26N2O4. The maximum atomic E-state index is 13.3. The number of aryl methyl sites for hydroxylation is 1. The first kappa shape index (κ1) is 20.8. The minimum atomic E-state index is -0.563. The summed E-state index contributed by atoms with van der Waals surface area (Å²) in [5.74, 6) is 1.90. The van der Waals surface area contributed by atoms with E-state index in [4.69, 9.17) is 14.2 Å². The highest BCUT2D eigenvalue weighted by Gasteiger charge is 2.26. The Balaban J connectivity index is 1.49. The highest BCUT2D eigenvalue weighted by Crippen LogP contribution is 2.31. The zero-order valence-corrected chi connectivity index (χ0v) is 17.6. The molecule has 1 amide bonds. The highest BCUT2D eigenvalue weighted by molar-refractivity contribution is 5.96. The van der Waals surface area contributed by atoms with Crippen molar-refractivity contribution < 1.29 is 19.0 Å². The maximum Gasteiger partial charge on any atom is 0.246 e. The predicted molar refractivity (Wildman–Crippen MR) is 120 cm³/mol. The second-order valence-corrected chi connectivity index (χ2v) is 7.44. The van der Waals surface area contributed by atoms with Crippen molar-refractivity contribution in [3.8, 4) is 17.2 Å². The molecule has 1 heterocycles. The summed E-state index contributed by atoms with van der Waals surface area (Å²) in [4.78, 5) is 13.3. The third kappa shape index (κ3) is 4.98. The third-order valence-corrected chi connectivity index (χ3v) is 5.13. The lowest BCUT2D eigenvalue weighted by Crippen LogP contribution is -2.42. The number of benzene rings is 3. The molecule has 0 radical (unpaired) electrons. The predicted octanol–water partition coefficient (Wildman–Crippen LogP) is 4.11. The van der Waals surface area contributed by atoms with Gasteiger partial charge in [0.2, 0.25) is 5.91 Å². The average molecular weight is 418 g/mol. The molecule has 160 valence electrons. The lowest BCUT2D eigenvalue weighted by molar-refractivity contribution is -0.118. The zero-order chi connectivity index (χ0) is 21.6. The van der Waals surface area contributed by atoms with Crippen molar-refractivity contribution in [2.24, 2.45) is 0 Å². The molecule has 1 aliphatic rings. The fourth-order valence-corrected chi connectivity index (χ4v) is 3.54. The molecule has 0 bridgehead atoms. The molecule has 6 nitrogen and oxygen atoms in total. The molecule has 0 aliphatic carbocycles. The number of carbonyl (C=O) groups excluding carboxylic acids is 1. The van der Waals surface area contributed by atoms with Crippen molar-refractivity contribution in [2.45, 2.75) is 19.1 Å². The Labute approximate surface area is 182 Å². The zero-order valence-electron chi connectivity index (χ0n) is 17.6. The largest absolute Gasteiger partial charge is 0.495 e. The van der Waals surface area contributed by atoms with E-state index >= 15 is 0 Å².